The first kappa shape index (κ1) is 22.0. The van der Waals surface area contributed by atoms with Crippen LogP contribution in [-0.4, -0.2) is 56.9 Å². The summed E-state index contributed by atoms with van der Waals surface area (Å²) in [6, 6.07) is 1.67. The zero-order chi connectivity index (χ0) is 21.8. The highest BCUT2D eigenvalue weighted by Gasteiger charge is 2.49. The molecule has 2 aliphatic heterocycles. The van der Waals surface area contributed by atoms with Gasteiger partial charge in [-0.3, -0.25) is 4.79 Å². The van der Waals surface area contributed by atoms with Gasteiger partial charge in [0.05, 0.1) is 30.5 Å². The first-order chi connectivity index (χ1) is 15.2. The maximum atomic E-state index is 12.5. The predicted molar refractivity (Wildman–Crippen MR) is 117 cm³/mol. The van der Waals surface area contributed by atoms with Gasteiger partial charge in [-0.1, -0.05) is 51.2 Å². The van der Waals surface area contributed by atoms with Gasteiger partial charge >= 0.3 is 0 Å². The van der Waals surface area contributed by atoms with Crippen LogP contribution in [0.5, 0.6) is 0 Å². The number of fused-ring (bicyclic) bond motifs is 1. The minimum atomic E-state index is -0.154. The molecule has 5 rings (SSSR count). The van der Waals surface area contributed by atoms with Gasteiger partial charge in [0, 0.05) is 25.6 Å². The molecule has 4 heterocycles. The highest BCUT2D eigenvalue weighted by molar-refractivity contribution is 5.94. The van der Waals surface area contributed by atoms with Crippen LogP contribution in [0.3, 0.4) is 0 Å². The van der Waals surface area contributed by atoms with Gasteiger partial charge in [0.1, 0.15) is 18.2 Å². The SMILES string of the molecule is CC.Cn1ccc(C(=O)NC2COC3C2OCC3n2cc(CC3CCCCC3)nn2)c1. The molecule has 31 heavy (non-hydrogen) atoms. The highest BCUT2D eigenvalue weighted by Crippen LogP contribution is 2.34. The summed E-state index contributed by atoms with van der Waals surface area (Å²) in [7, 11) is 1.90. The Bertz CT molecular complexity index is 857. The lowest BCUT2D eigenvalue weighted by Crippen LogP contribution is -2.44. The van der Waals surface area contributed by atoms with E-state index in [1.165, 1.54) is 32.1 Å². The fourth-order valence-corrected chi connectivity index (χ4v) is 4.98. The van der Waals surface area contributed by atoms with E-state index in [2.05, 4.69) is 21.8 Å². The smallest absolute Gasteiger partial charge is 0.253 e. The van der Waals surface area contributed by atoms with Gasteiger partial charge in [-0.25, -0.2) is 4.68 Å². The molecule has 0 spiro atoms. The summed E-state index contributed by atoms with van der Waals surface area (Å²) in [5.41, 5.74) is 1.71. The van der Waals surface area contributed by atoms with Gasteiger partial charge in [-0.05, 0) is 18.4 Å². The zero-order valence-electron chi connectivity index (χ0n) is 18.9. The van der Waals surface area contributed by atoms with Crippen molar-refractivity contribution in [2.45, 2.75) is 76.7 Å². The number of aryl methyl sites for hydroxylation is 1. The lowest BCUT2D eigenvalue weighted by Gasteiger charge is -2.20. The van der Waals surface area contributed by atoms with Gasteiger partial charge in [0.2, 0.25) is 0 Å². The van der Waals surface area contributed by atoms with Gasteiger partial charge in [-0.15, -0.1) is 5.10 Å². The molecule has 0 radical (unpaired) electrons. The fourth-order valence-electron chi connectivity index (χ4n) is 4.98. The van der Waals surface area contributed by atoms with E-state index in [1.807, 2.05) is 48.6 Å². The molecule has 2 aromatic heterocycles. The third-order valence-corrected chi connectivity index (χ3v) is 6.56. The van der Waals surface area contributed by atoms with Crippen LogP contribution in [0, 0.1) is 5.92 Å². The molecule has 8 heteroatoms. The third kappa shape index (κ3) is 4.85. The van der Waals surface area contributed by atoms with Gasteiger partial charge in [-0.2, -0.15) is 0 Å². The number of nitrogens with one attached hydrogen (secondary N) is 1. The van der Waals surface area contributed by atoms with Crippen LogP contribution in [-0.2, 0) is 22.9 Å². The van der Waals surface area contributed by atoms with Gasteiger partial charge in [0.25, 0.3) is 5.91 Å². The van der Waals surface area contributed by atoms with E-state index >= 15 is 0 Å². The topological polar surface area (TPSA) is 83.2 Å². The lowest BCUT2D eigenvalue weighted by atomic mass is 9.86. The molecule has 1 aliphatic carbocycles. The van der Waals surface area contributed by atoms with E-state index in [1.54, 1.807) is 0 Å². The normalized spacial score (nSPS) is 28.1. The molecule has 4 unspecified atom stereocenters. The van der Waals surface area contributed by atoms with E-state index < -0.39 is 0 Å². The summed E-state index contributed by atoms with van der Waals surface area (Å²) in [5.74, 6) is 0.643. The van der Waals surface area contributed by atoms with Gasteiger partial charge < -0.3 is 19.4 Å². The molecule has 2 saturated heterocycles. The largest absolute Gasteiger partial charge is 0.371 e. The summed E-state index contributed by atoms with van der Waals surface area (Å²) >= 11 is 0. The van der Waals surface area contributed by atoms with E-state index in [-0.39, 0.29) is 30.2 Å². The minimum absolute atomic E-state index is 0.00577. The number of ether oxygens (including phenoxy) is 2. The Labute approximate surface area is 184 Å². The Balaban J connectivity index is 0.00000112. The van der Waals surface area contributed by atoms with Crippen molar-refractivity contribution in [1.29, 1.82) is 0 Å². The first-order valence-electron chi connectivity index (χ1n) is 11.7. The quantitative estimate of drug-likeness (QED) is 0.790. The monoisotopic (exact) mass is 429 g/mol. The van der Waals surface area contributed by atoms with E-state index in [0.29, 0.717) is 18.8 Å². The molecule has 3 aliphatic rings. The van der Waals surface area contributed by atoms with Crippen LogP contribution in [0.15, 0.2) is 24.7 Å². The number of hydrogen-bond acceptors (Lipinski definition) is 5. The molecule has 0 aromatic carbocycles. The summed E-state index contributed by atoms with van der Waals surface area (Å²) in [6.07, 6.45) is 13.1. The Kier molecular flexibility index (Phi) is 7.07. The van der Waals surface area contributed by atoms with Crippen LogP contribution >= 0.6 is 0 Å². The Hall–Kier alpha value is -2.19. The second kappa shape index (κ2) is 9.96. The fraction of sp³-hybridized carbons (Fsp3) is 0.696. The first-order valence-corrected chi connectivity index (χ1v) is 11.7. The van der Waals surface area contributed by atoms with Crippen LogP contribution in [0.1, 0.15) is 68.0 Å². The van der Waals surface area contributed by atoms with Crippen LogP contribution < -0.4 is 5.32 Å². The Morgan fingerprint density at radius 3 is 2.65 bits per heavy atom. The number of amides is 1. The van der Waals surface area contributed by atoms with Crippen molar-refractivity contribution < 1.29 is 14.3 Å². The van der Waals surface area contributed by atoms with Crippen molar-refractivity contribution in [3.8, 4) is 0 Å². The van der Waals surface area contributed by atoms with Crippen LogP contribution in [0.4, 0.5) is 0 Å². The van der Waals surface area contributed by atoms with Gasteiger partial charge in [0.15, 0.2) is 0 Å². The van der Waals surface area contributed by atoms with Crippen LogP contribution in [0.25, 0.3) is 0 Å². The Morgan fingerprint density at radius 2 is 1.90 bits per heavy atom. The molecular formula is C23H35N5O3. The number of aromatic nitrogens is 4. The molecule has 4 atom stereocenters. The van der Waals surface area contributed by atoms with Crippen LogP contribution in [0.2, 0.25) is 0 Å². The molecular weight excluding hydrogens is 394 g/mol. The summed E-state index contributed by atoms with van der Waals surface area (Å²) in [4.78, 5) is 12.5. The molecule has 1 amide bonds. The summed E-state index contributed by atoms with van der Waals surface area (Å²) < 4.78 is 15.8. The predicted octanol–water partition coefficient (Wildman–Crippen LogP) is 2.90. The Morgan fingerprint density at radius 1 is 1.13 bits per heavy atom. The second-order valence-electron chi connectivity index (χ2n) is 8.71. The third-order valence-electron chi connectivity index (χ3n) is 6.56. The number of hydrogen-bond donors (Lipinski definition) is 1. The molecule has 3 fully saturated rings. The average molecular weight is 430 g/mol. The number of carbonyl (C=O) groups excluding carboxylic acids is 1. The molecule has 1 saturated carbocycles. The second-order valence-corrected chi connectivity index (χ2v) is 8.71. The molecule has 2 aromatic rings. The number of rotatable bonds is 5. The maximum Gasteiger partial charge on any atom is 0.253 e. The van der Waals surface area contributed by atoms with Crippen molar-refractivity contribution in [2.24, 2.45) is 13.0 Å². The standard InChI is InChI=1S/C21H29N5O3.C2H6/c1-25-8-7-15(10-25)21(27)22-17-12-28-20-18(13-29-19(17)20)26-11-16(23-24-26)9-14-5-3-2-4-6-14;1-2/h7-8,10-11,14,17-20H,2-6,9,12-13H2,1H3,(H,22,27);1-2H3. The summed E-state index contributed by atoms with van der Waals surface area (Å²) in [6.45, 7) is 4.98. The summed E-state index contributed by atoms with van der Waals surface area (Å²) in [5, 5.41) is 11.8. The minimum Gasteiger partial charge on any atom is -0.371 e. The van der Waals surface area contributed by atoms with Crippen molar-refractivity contribution in [2.75, 3.05) is 13.2 Å². The molecule has 8 nitrogen and oxygen atoms in total. The molecule has 170 valence electrons. The highest BCUT2D eigenvalue weighted by atomic mass is 16.6. The van der Waals surface area contributed by atoms with E-state index in [4.69, 9.17) is 9.47 Å². The van der Waals surface area contributed by atoms with Crippen molar-refractivity contribution in [3.63, 3.8) is 0 Å². The van der Waals surface area contributed by atoms with Crippen molar-refractivity contribution in [3.05, 3.63) is 35.9 Å². The van der Waals surface area contributed by atoms with Crippen molar-refractivity contribution in [1.82, 2.24) is 24.9 Å². The number of carbonyl (C=O) groups is 1. The van der Waals surface area contributed by atoms with E-state index in [0.717, 1.165) is 18.0 Å². The lowest BCUT2D eigenvalue weighted by molar-refractivity contribution is 0.0613. The zero-order valence-corrected chi connectivity index (χ0v) is 18.9. The number of nitrogens with zero attached hydrogens (tertiary/aromatic N) is 4. The van der Waals surface area contributed by atoms with E-state index in [9.17, 15) is 4.79 Å². The molecule has 0 bridgehead atoms. The molecule has 1 N–H and O–H groups in total. The maximum absolute atomic E-state index is 12.5. The average Bonchev–Trinajstić information content (AvgIpc) is 3.57. The van der Waals surface area contributed by atoms with Crippen molar-refractivity contribution >= 4 is 5.91 Å².